The molecule has 0 spiro atoms. The van der Waals surface area contributed by atoms with Crippen LogP contribution in [-0.2, 0) is 0 Å². The minimum atomic E-state index is 0.467. The minimum Gasteiger partial charge on any atom is -0.316 e. The average Bonchev–Trinajstić information content (AvgIpc) is 2.23. The SMILES string of the molecule is CNC1C(CN(C)CC2CCC2)CCCC1(C)C. The van der Waals surface area contributed by atoms with Crippen LogP contribution in [0.2, 0.25) is 0 Å². The molecule has 106 valence electrons. The van der Waals surface area contributed by atoms with Crippen molar-refractivity contribution in [2.24, 2.45) is 17.3 Å². The second-order valence-electron chi connectivity index (χ2n) is 7.43. The molecule has 2 aliphatic carbocycles. The molecule has 2 heteroatoms. The summed E-state index contributed by atoms with van der Waals surface area (Å²) in [7, 11) is 4.48. The molecule has 0 saturated heterocycles. The predicted molar refractivity (Wildman–Crippen MR) is 78.8 cm³/mol. The van der Waals surface area contributed by atoms with Gasteiger partial charge in [-0.15, -0.1) is 0 Å². The fourth-order valence-electron chi connectivity index (χ4n) is 4.19. The van der Waals surface area contributed by atoms with E-state index >= 15 is 0 Å². The van der Waals surface area contributed by atoms with E-state index in [2.05, 4.69) is 38.2 Å². The number of nitrogens with one attached hydrogen (secondary N) is 1. The van der Waals surface area contributed by atoms with E-state index in [1.807, 2.05) is 0 Å². The minimum absolute atomic E-state index is 0.467. The first-order valence-electron chi connectivity index (χ1n) is 7.89. The molecule has 0 radical (unpaired) electrons. The zero-order valence-electron chi connectivity index (χ0n) is 12.8. The summed E-state index contributed by atoms with van der Waals surface area (Å²) >= 11 is 0. The molecule has 0 bridgehead atoms. The second-order valence-corrected chi connectivity index (χ2v) is 7.43. The fraction of sp³-hybridized carbons (Fsp3) is 1.00. The van der Waals surface area contributed by atoms with E-state index in [4.69, 9.17) is 0 Å². The van der Waals surface area contributed by atoms with Gasteiger partial charge in [0.2, 0.25) is 0 Å². The molecule has 2 aliphatic rings. The highest BCUT2D eigenvalue weighted by Crippen LogP contribution is 2.39. The van der Waals surface area contributed by atoms with Crippen molar-refractivity contribution in [2.75, 3.05) is 27.2 Å². The molecule has 2 atom stereocenters. The van der Waals surface area contributed by atoms with Crippen molar-refractivity contribution in [1.82, 2.24) is 10.2 Å². The number of hydrogen-bond acceptors (Lipinski definition) is 2. The Morgan fingerprint density at radius 1 is 1.11 bits per heavy atom. The fourth-order valence-corrected chi connectivity index (χ4v) is 4.19. The summed E-state index contributed by atoms with van der Waals surface area (Å²) in [5.41, 5.74) is 0.467. The maximum atomic E-state index is 3.60. The topological polar surface area (TPSA) is 15.3 Å². The van der Waals surface area contributed by atoms with Gasteiger partial charge in [-0.3, -0.25) is 0 Å². The lowest BCUT2D eigenvalue weighted by molar-refractivity contribution is 0.0812. The Morgan fingerprint density at radius 3 is 2.39 bits per heavy atom. The van der Waals surface area contributed by atoms with Gasteiger partial charge in [-0.2, -0.15) is 0 Å². The van der Waals surface area contributed by atoms with E-state index in [-0.39, 0.29) is 0 Å². The lowest BCUT2D eigenvalue weighted by Gasteiger charge is -2.45. The molecule has 2 unspecified atom stereocenters. The summed E-state index contributed by atoms with van der Waals surface area (Å²) in [4.78, 5) is 2.60. The van der Waals surface area contributed by atoms with Gasteiger partial charge in [0, 0.05) is 19.1 Å². The number of hydrogen-bond donors (Lipinski definition) is 1. The van der Waals surface area contributed by atoms with E-state index < -0.39 is 0 Å². The third-order valence-electron chi connectivity index (χ3n) is 5.36. The van der Waals surface area contributed by atoms with E-state index in [9.17, 15) is 0 Å². The smallest absolute Gasteiger partial charge is 0.0156 e. The van der Waals surface area contributed by atoms with Crippen LogP contribution >= 0.6 is 0 Å². The standard InChI is InChI=1S/C16H32N2/c1-16(2)10-6-9-14(15(16)17-3)12-18(4)11-13-7-5-8-13/h13-15,17H,5-12H2,1-4H3. The van der Waals surface area contributed by atoms with Crippen molar-refractivity contribution in [3.63, 3.8) is 0 Å². The quantitative estimate of drug-likeness (QED) is 0.809. The van der Waals surface area contributed by atoms with Crippen LogP contribution in [0, 0.1) is 17.3 Å². The predicted octanol–water partition coefficient (Wildman–Crippen LogP) is 3.13. The first-order valence-corrected chi connectivity index (χ1v) is 7.89. The summed E-state index contributed by atoms with van der Waals surface area (Å²) in [5, 5.41) is 3.60. The van der Waals surface area contributed by atoms with Crippen LogP contribution in [0.15, 0.2) is 0 Å². The number of nitrogens with zero attached hydrogens (tertiary/aromatic N) is 1. The molecule has 1 N–H and O–H groups in total. The maximum Gasteiger partial charge on any atom is 0.0156 e. The third-order valence-corrected chi connectivity index (χ3v) is 5.36. The highest BCUT2D eigenvalue weighted by molar-refractivity contribution is 4.93. The van der Waals surface area contributed by atoms with Gasteiger partial charge in [-0.25, -0.2) is 0 Å². The van der Waals surface area contributed by atoms with Crippen LogP contribution in [0.25, 0.3) is 0 Å². The zero-order chi connectivity index (χ0) is 13.2. The molecule has 0 aliphatic heterocycles. The van der Waals surface area contributed by atoms with E-state index in [0.717, 1.165) is 11.8 Å². The summed E-state index contributed by atoms with van der Waals surface area (Å²) in [5.74, 6) is 1.84. The summed E-state index contributed by atoms with van der Waals surface area (Å²) in [6.45, 7) is 7.48. The maximum absolute atomic E-state index is 3.60. The normalized spacial score (nSPS) is 32.5. The van der Waals surface area contributed by atoms with Crippen LogP contribution < -0.4 is 5.32 Å². The van der Waals surface area contributed by atoms with Crippen molar-refractivity contribution >= 4 is 0 Å². The molecular weight excluding hydrogens is 220 g/mol. The molecule has 0 amide bonds. The molecule has 0 aromatic carbocycles. The molecular formula is C16H32N2. The van der Waals surface area contributed by atoms with Crippen LogP contribution in [0.4, 0.5) is 0 Å². The molecule has 0 heterocycles. The van der Waals surface area contributed by atoms with Crippen LogP contribution in [0.1, 0.15) is 52.4 Å². The summed E-state index contributed by atoms with van der Waals surface area (Å²) in [6.07, 6.45) is 8.60. The van der Waals surface area contributed by atoms with Gasteiger partial charge in [0.05, 0.1) is 0 Å². The largest absolute Gasteiger partial charge is 0.316 e. The Morgan fingerprint density at radius 2 is 1.83 bits per heavy atom. The second kappa shape index (κ2) is 5.92. The molecule has 0 aromatic rings. The van der Waals surface area contributed by atoms with Crippen molar-refractivity contribution < 1.29 is 0 Å². The van der Waals surface area contributed by atoms with E-state index in [1.54, 1.807) is 0 Å². The summed E-state index contributed by atoms with van der Waals surface area (Å²) in [6, 6.07) is 0.690. The zero-order valence-corrected chi connectivity index (χ0v) is 12.8. The van der Waals surface area contributed by atoms with Crippen molar-refractivity contribution in [3.05, 3.63) is 0 Å². The van der Waals surface area contributed by atoms with Gasteiger partial charge < -0.3 is 10.2 Å². The molecule has 2 fully saturated rings. The van der Waals surface area contributed by atoms with Crippen molar-refractivity contribution in [3.8, 4) is 0 Å². The van der Waals surface area contributed by atoms with E-state index in [1.165, 1.54) is 51.6 Å². The van der Waals surface area contributed by atoms with Gasteiger partial charge in [0.15, 0.2) is 0 Å². The molecule has 2 nitrogen and oxygen atoms in total. The van der Waals surface area contributed by atoms with Crippen molar-refractivity contribution in [2.45, 2.75) is 58.4 Å². The lowest BCUT2D eigenvalue weighted by Crippen LogP contribution is -2.51. The first kappa shape index (κ1) is 14.3. The summed E-state index contributed by atoms with van der Waals surface area (Å²) < 4.78 is 0. The lowest BCUT2D eigenvalue weighted by atomic mass is 9.68. The Hall–Kier alpha value is -0.0800. The van der Waals surface area contributed by atoms with Crippen molar-refractivity contribution in [1.29, 1.82) is 0 Å². The molecule has 2 rings (SSSR count). The Labute approximate surface area is 114 Å². The van der Waals surface area contributed by atoms with Gasteiger partial charge in [-0.1, -0.05) is 26.7 Å². The Kier molecular flexibility index (Phi) is 4.71. The van der Waals surface area contributed by atoms with Crippen LogP contribution in [0.5, 0.6) is 0 Å². The average molecular weight is 252 g/mol. The van der Waals surface area contributed by atoms with Gasteiger partial charge in [0.25, 0.3) is 0 Å². The van der Waals surface area contributed by atoms with Gasteiger partial charge >= 0.3 is 0 Å². The Balaban J connectivity index is 1.85. The molecule has 2 saturated carbocycles. The Bertz CT molecular complexity index is 258. The van der Waals surface area contributed by atoms with E-state index in [0.29, 0.717) is 11.5 Å². The highest BCUT2D eigenvalue weighted by atomic mass is 15.1. The van der Waals surface area contributed by atoms with Crippen LogP contribution in [0.3, 0.4) is 0 Å². The first-order chi connectivity index (χ1) is 8.53. The third kappa shape index (κ3) is 3.27. The molecule has 0 aromatic heterocycles. The highest BCUT2D eigenvalue weighted by Gasteiger charge is 2.38. The van der Waals surface area contributed by atoms with Gasteiger partial charge in [0.1, 0.15) is 0 Å². The van der Waals surface area contributed by atoms with Crippen LogP contribution in [-0.4, -0.2) is 38.1 Å². The monoisotopic (exact) mass is 252 g/mol. The van der Waals surface area contributed by atoms with Gasteiger partial charge in [-0.05, 0) is 57.0 Å². The molecule has 18 heavy (non-hydrogen) atoms. The number of rotatable bonds is 5.